The number of oxazole rings is 1. The first-order valence-electron chi connectivity index (χ1n) is 7.16. The van der Waals surface area contributed by atoms with Crippen molar-refractivity contribution in [1.29, 1.82) is 0 Å². The maximum Gasteiger partial charge on any atom is 0.274 e. The second-order valence-electron chi connectivity index (χ2n) is 5.21. The van der Waals surface area contributed by atoms with Crippen LogP contribution in [-0.4, -0.2) is 10.9 Å². The second kappa shape index (κ2) is 6.67. The zero-order chi connectivity index (χ0) is 16.2. The lowest BCUT2D eigenvalue weighted by molar-refractivity contribution is 0.0947. The molecule has 1 aromatic heterocycles. The van der Waals surface area contributed by atoms with Gasteiger partial charge in [-0.25, -0.2) is 4.98 Å². The molecule has 5 heteroatoms. The minimum atomic E-state index is -0.273. The van der Waals surface area contributed by atoms with Crippen LogP contribution in [0.4, 0.5) is 0 Å². The molecule has 0 unspecified atom stereocenters. The van der Waals surface area contributed by atoms with E-state index in [4.69, 9.17) is 16.0 Å². The summed E-state index contributed by atoms with van der Waals surface area (Å²) >= 11 is 5.85. The molecule has 0 aliphatic rings. The highest BCUT2D eigenvalue weighted by molar-refractivity contribution is 6.30. The molecule has 0 spiro atoms. The van der Waals surface area contributed by atoms with E-state index in [9.17, 15) is 4.79 Å². The SMILES string of the molecule is Cc1cccc(-c2ocnc2C(=O)NCc2ccc(Cl)cc2)c1. The number of hydrogen-bond acceptors (Lipinski definition) is 3. The predicted molar refractivity (Wildman–Crippen MR) is 89.3 cm³/mol. The fourth-order valence-corrected chi connectivity index (χ4v) is 2.39. The van der Waals surface area contributed by atoms with Crippen molar-refractivity contribution in [1.82, 2.24) is 10.3 Å². The van der Waals surface area contributed by atoms with Gasteiger partial charge in [0.05, 0.1) is 0 Å². The second-order valence-corrected chi connectivity index (χ2v) is 5.65. The van der Waals surface area contributed by atoms with Crippen LogP contribution in [0.5, 0.6) is 0 Å². The van der Waals surface area contributed by atoms with Crippen molar-refractivity contribution in [2.75, 3.05) is 0 Å². The van der Waals surface area contributed by atoms with Crippen molar-refractivity contribution < 1.29 is 9.21 Å². The molecule has 0 atom stereocenters. The van der Waals surface area contributed by atoms with Crippen molar-refractivity contribution in [3.63, 3.8) is 0 Å². The fraction of sp³-hybridized carbons (Fsp3) is 0.111. The van der Waals surface area contributed by atoms with Gasteiger partial charge in [0.1, 0.15) is 0 Å². The first-order chi connectivity index (χ1) is 11.1. The van der Waals surface area contributed by atoms with Crippen molar-refractivity contribution >= 4 is 17.5 Å². The number of nitrogens with one attached hydrogen (secondary N) is 1. The maximum absolute atomic E-state index is 12.4. The monoisotopic (exact) mass is 326 g/mol. The summed E-state index contributed by atoms with van der Waals surface area (Å²) in [5.74, 6) is 0.201. The molecule has 0 saturated heterocycles. The average molecular weight is 327 g/mol. The van der Waals surface area contributed by atoms with E-state index in [-0.39, 0.29) is 11.6 Å². The molecular formula is C18H15ClN2O2. The van der Waals surface area contributed by atoms with E-state index in [1.54, 1.807) is 12.1 Å². The highest BCUT2D eigenvalue weighted by atomic mass is 35.5. The standard InChI is InChI=1S/C18H15ClN2O2/c1-12-3-2-4-14(9-12)17-16(21-11-23-17)18(22)20-10-13-5-7-15(19)8-6-13/h2-9,11H,10H2,1H3,(H,20,22). The van der Waals surface area contributed by atoms with Crippen LogP contribution in [0.2, 0.25) is 5.02 Å². The lowest BCUT2D eigenvalue weighted by Gasteiger charge is -2.05. The zero-order valence-electron chi connectivity index (χ0n) is 12.5. The molecule has 116 valence electrons. The first-order valence-corrected chi connectivity index (χ1v) is 7.54. The summed E-state index contributed by atoms with van der Waals surface area (Å²) in [5, 5.41) is 3.51. The van der Waals surface area contributed by atoms with Gasteiger partial charge in [0.15, 0.2) is 17.8 Å². The van der Waals surface area contributed by atoms with Gasteiger partial charge in [-0.1, -0.05) is 47.5 Å². The number of carbonyl (C=O) groups is 1. The molecule has 0 radical (unpaired) electrons. The van der Waals surface area contributed by atoms with Crippen LogP contribution in [0, 0.1) is 6.92 Å². The highest BCUT2D eigenvalue weighted by Gasteiger charge is 2.18. The number of rotatable bonds is 4. The van der Waals surface area contributed by atoms with Gasteiger partial charge in [0, 0.05) is 17.1 Å². The Balaban J connectivity index is 1.76. The van der Waals surface area contributed by atoms with Crippen molar-refractivity contribution in [2.24, 2.45) is 0 Å². The molecule has 0 aliphatic carbocycles. The van der Waals surface area contributed by atoms with E-state index < -0.39 is 0 Å². The van der Waals surface area contributed by atoms with Crippen LogP contribution >= 0.6 is 11.6 Å². The quantitative estimate of drug-likeness (QED) is 0.780. The van der Waals surface area contributed by atoms with Crippen LogP contribution in [0.1, 0.15) is 21.6 Å². The molecule has 4 nitrogen and oxygen atoms in total. The number of nitrogens with zero attached hydrogens (tertiary/aromatic N) is 1. The summed E-state index contributed by atoms with van der Waals surface area (Å²) in [5.41, 5.74) is 3.17. The van der Waals surface area contributed by atoms with Gasteiger partial charge in [-0.15, -0.1) is 0 Å². The van der Waals surface area contributed by atoms with Crippen molar-refractivity contribution in [3.05, 3.63) is 76.8 Å². The minimum Gasteiger partial charge on any atom is -0.443 e. The molecule has 2 aromatic carbocycles. The predicted octanol–water partition coefficient (Wildman–Crippen LogP) is 4.23. The summed E-state index contributed by atoms with van der Waals surface area (Å²) in [6, 6.07) is 15.1. The number of aryl methyl sites for hydroxylation is 1. The number of halogens is 1. The van der Waals surface area contributed by atoms with Gasteiger partial charge in [0.25, 0.3) is 5.91 Å². The van der Waals surface area contributed by atoms with E-state index in [1.807, 2.05) is 43.3 Å². The Morgan fingerprint density at radius 3 is 2.74 bits per heavy atom. The molecule has 0 bridgehead atoms. The van der Waals surface area contributed by atoms with Crippen LogP contribution in [0.25, 0.3) is 11.3 Å². The molecule has 3 aromatic rings. The third kappa shape index (κ3) is 3.60. The van der Waals surface area contributed by atoms with Gasteiger partial charge in [-0.3, -0.25) is 4.79 Å². The third-order valence-electron chi connectivity index (χ3n) is 3.43. The van der Waals surface area contributed by atoms with Crippen LogP contribution in [-0.2, 0) is 6.54 Å². The summed E-state index contributed by atoms with van der Waals surface area (Å²) < 4.78 is 5.41. The van der Waals surface area contributed by atoms with Crippen LogP contribution in [0.15, 0.2) is 59.3 Å². The Labute approximate surface area is 139 Å². The molecule has 1 heterocycles. The molecule has 1 amide bonds. The van der Waals surface area contributed by atoms with E-state index >= 15 is 0 Å². The number of aromatic nitrogens is 1. The zero-order valence-corrected chi connectivity index (χ0v) is 13.3. The molecule has 0 aliphatic heterocycles. The van der Waals surface area contributed by atoms with Gasteiger partial charge < -0.3 is 9.73 Å². The lowest BCUT2D eigenvalue weighted by Crippen LogP contribution is -2.23. The van der Waals surface area contributed by atoms with Crippen LogP contribution in [0.3, 0.4) is 0 Å². The molecule has 1 N–H and O–H groups in total. The van der Waals surface area contributed by atoms with E-state index in [1.165, 1.54) is 6.39 Å². The van der Waals surface area contributed by atoms with E-state index in [0.29, 0.717) is 17.3 Å². The summed E-state index contributed by atoms with van der Waals surface area (Å²) in [6.07, 6.45) is 1.29. The lowest BCUT2D eigenvalue weighted by atomic mass is 10.1. The summed E-state index contributed by atoms with van der Waals surface area (Å²) in [4.78, 5) is 16.4. The van der Waals surface area contributed by atoms with Gasteiger partial charge in [0.2, 0.25) is 0 Å². The molecule has 0 saturated carbocycles. The number of hydrogen-bond donors (Lipinski definition) is 1. The molecule has 23 heavy (non-hydrogen) atoms. The number of benzene rings is 2. The Morgan fingerprint density at radius 1 is 1.22 bits per heavy atom. The maximum atomic E-state index is 12.4. The molecule has 3 rings (SSSR count). The summed E-state index contributed by atoms with van der Waals surface area (Å²) in [6.45, 7) is 2.39. The Hall–Kier alpha value is -2.59. The smallest absolute Gasteiger partial charge is 0.274 e. The minimum absolute atomic E-state index is 0.273. The normalized spacial score (nSPS) is 10.5. The fourth-order valence-electron chi connectivity index (χ4n) is 2.27. The third-order valence-corrected chi connectivity index (χ3v) is 3.68. The first kappa shape index (κ1) is 15.3. The van der Waals surface area contributed by atoms with Gasteiger partial charge >= 0.3 is 0 Å². The van der Waals surface area contributed by atoms with Crippen LogP contribution < -0.4 is 5.32 Å². The van der Waals surface area contributed by atoms with Gasteiger partial charge in [-0.05, 0) is 30.7 Å². The Bertz CT molecular complexity index is 825. The summed E-state index contributed by atoms with van der Waals surface area (Å²) in [7, 11) is 0. The van der Waals surface area contributed by atoms with Crippen molar-refractivity contribution in [3.8, 4) is 11.3 Å². The molecule has 0 fully saturated rings. The average Bonchev–Trinajstić information content (AvgIpc) is 3.04. The topological polar surface area (TPSA) is 55.1 Å². The van der Waals surface area contributed by atoms with E-state index in [2.05, 4.69) is 10.3 Å². The van der Waals surface area contributed by atoms with Crippen molar-refractivity contribution in [2.45, 2.75) is 13.5 Å². The Morgan fingerprint density at radius 2 is 2.00 bits per heavy atom. The van der Waals surface area contributed by atoms with Gasteiger partial charge in [-0.2, -0.15) is 0 Å². The highest BCUT2D eigenvalue weighted by Crippen LogP contribution is 2.24. The van der Waals surface area contributed by atoms with E-state index in [0.717, 1.165) is 16.7 Å². The number of carbonyl (C=O) groups excluding carboxylic acids is 1. The Kier molecular flexibility index (Phi) is 4.44. The number of amides is 1. The molecular weight excluding hydrogens is 312 g/mol. The largest absolute Gasteiger partial charge is 0.443 e.